The van der Waals surface area contributed by atoms with E-state index in [-0.39, 0.29) is 0 Å². The number of rotatable bonds is 8. The molecule has 120 valence electrons. The molecule has 0 aliphatic heterocycles. The maximum Gasteiger partial charge on any atom is 0.0981 e. The summed E-state index contributed by atoms with van der Waals surface area (Å²) in [6, 6.07) is 4.27. The molecule has 0 fully saturated rings. The van der Waals surface area contributed by atoms with E-state index in [1.807, 2.05) is 12.4 Å². The molecule has 2 heterocycles. The summed E-state index contributed by atoms with van der Waals surface area (Å²) in [5.74, 6) is 0.716. The van der Waals surface area contributed by atoms with Crippen molar-refractivity contribution in [3.05, 3.63) is 35.8 Å². The molecule has 2 aromatic rings. The number of hydrogen-bond donors (Lipinski definition) is 1. The van der Waals surface area contributed by atoms with Gasteiger partial charge in [0.1, 0.15) is 0 Å². The number of nitrogens with zero attached hydrogens (tertiary/aromatic N) is 3. The molecule has 1 N–H and O–H groups in total. The fourth-order valence-corrected chi connectivity index (χ4v) is 2.59. The predicted molar refractivity (Wildman–Crippen MR) is 91.6 cm³/mol. The molecule has 0 atom stereocenters. The molecular formula is C18H28N4. The van der Waals surface area contributed by atoms with Crippen molar-refractivity contribution in [2.45, 2.75) is 46.6 Å². The quantitative estimate of drug-likeness (QED) is 0.804. The van der Waals surface area contributed by atoms with Crippen LogP contribution in [0.15, 0.2) is 24.5 Å². The molecule has 4 nitrogen and oxygen atoms in total. The predicted octanol–water partition coefficient (Wildman–Crippen LogP) is 3.90. The standard InChI is InChI=1S/C18H28N4/c1-5-10-22(4)13-16-12-20-21-18(16)15-7-9-17(19-11-15)8-6-14(2)3/h7,9,11-12,14H,5-6,8,10,13H2,1-4H3,(H,20,21). The summed E-state index contributed by atoms with van der Waals surface area (Å²) < 4.78 is 0. The van der Waals surface area contributed by atoms with Crippen LogP contribution < -0.4 is 0 Å². The molecule has 4 heteroatoms. The minimum absolute atomic E-state index is 0.716. The average molecular weight is 300 g/mol. The van der Waals surface area contributed by atoms with Gasteiger partial charge in [-0.15, -0.1) is 0 Å². The fourth-order valence-electron chi connectivity index (χ4n) is 2.59. The van der Waals surface area contributed by atoms with Gasteiger partial charge < -0.3 is 4.90 Å². The van der Waals surface area contributed by atoms with E-state index < -0.39 is 0 Å². The van der Waals surface area contributed by atoms with Gasteiger partial charge in [0.05, 0.1) is 5.69 Å². The Labute approximate surface area is 134 Å². The summed E-state index contributed by atoms with van der Waals surface area (Å²) in [6.07, 6.45) is 7.34. The first-order valence-corrected chi connectivity index (χ1v) is 8.26. The summed E-state index contributed by atoms with van der Waals surface area (Å²) in [5, 5.41) is 7.41. The largest absolute Gasteiger partial charge is 0.302 e. The third-order valence-corrected chi connectivity index (χ3v) is 3.84. The van der Waals surface area contributed by atoms with E-state index >= 15 is 0 Å². The van der Waals surface area contributed by atoms with Crippen molar-refractivity contribution in [2.75, 3.05) is 13.6 Å². The number of aryl methyl sites for hydroxylation is 1. The van der Waals surface area contributed by atoms with Crippen molar-refractivity contribution >= 4 is 0 Å². The van der Waals surface area contributed by atoms with E-state index in [1.165, 1.54) is 12.0 Å². The van der Waals surface area contributed by atoms with Crippen LogP contribution in [0, 0.1) is 5.92 Å². The smallest absolute Gasteiger partial charge is 0.0981 e. The lowest BCUT2D eigenvalue weighted by molar-refractivity contribution is 0.328. The Kier molecular flexibility index (Phi) is 6.13. The number of H-pyrrole nitrogens is 1. The monoisotopic (exact) mass is 300 g/mol. The lowest BCUT2D eigenvalue weighted by Crippen LogP contribution is -2.18. The van der Waals surface area contributed by atoms with E-state index in [4.69, 9.17) is 0 Å². The normalized spacial score (nSPS) is 11.5. The molecule has 0 unspecified atom stereocenters. The molecule has 0 aromatic carbocycles. The van der Waals surface area contributed by atoms with Crippen LogP contribution in [0.3, 0.4) is 0 Å². The lowest BCUT2D eigenvalue weighted by Gasteiger charge is -2.15. The summed E-state index contributed by atoms with van der Waals surface area (Å²) in [4.78, 5) is 6.91. The Balaban J connectivity index is 2.07. The highest BCUT2D eigenvalue weighted by Crippen LogP contribution is 2.22. The van der Waals surface area contributed by atoms with Crippen LogP contribution in [0.4, 0.5) is 0 Å². The van der Waals surface area contributed by atoms with Crippen LogP contribution in [-0.4, -0.2) is 33.7 Å². The van der Waals surface area contributed by atoms with E-state index in [1.54, 1.807) is 0 Å². The van der Waals surface area contributed by atoms with Crippen LogP contribution in [0.2, 0.25) is 0 Å². The molecule has 0 saturated heterocycles. The van der Waals surface area contributed by atoms with Gasteiger partial charge in [-0.05, 0) is 50.9 Å². The topological polar surface area (TPSA) is 44.8 Å². The Hall–Kier alpha value is -1.68. The number of hydrogen-bond acceptors (Lipinski definition) is 3. The molecule has 0 aliphatic carbocycles. The zero-order valence-corrected chi connectivity index (χ0v) is 14.3. The second-order valence-electron chi connectivity index (χ2n) is 6.47. The SMILES string of the molecule is CCCN(C)Cc1c[nH]nc1-c1ccc(CCC(C)C)nc1. The second-order valence-corrected chi connectivity index (χ2v) is 6.47. The Morgan fingerprint density at radius 3 is 2.73 bits per heavy atom. The molecule has 0 amide bonds. The van der Waals surface area contributed by atoms with Crippen LogP contribution in [-0.2, 0) is 13.0 Å². The molecule has 0 bridgehead atoms. The van der Waals surface area contributed by atoms with Gasteiger partial charge in [-0.3, -0.25) is 10.1 Å². The van der Waals surface area contributed by atoms with Gasteiger partial charge in [-0.25, -0.2) is 0 Å². The first-order valence-electron chi connectivity index (χ1n) is 8.26. The molecule has 22 heavy (non-hydrogen) atoms. The van der Waals surface area contributed by atoms with E-state index in [9.17, 15) is 0 Å². The molecule has 0 saturated carbocycles. The van der Waals surface area contributed by atoms with Crippen molar-refractivity contribution in [2.24, 2.45) is 5.92 Å². The molecule has 0 spiro atoms. The highest BCUT2D eigenvalue weighted by molar-refractivity contribution is 5.61. The van der Waals surface area contributed by atoms with Gasteiger partial charge in [0.15, 0.2) is 0 Å². The minimum Gasteiger partial charge on any atom is -0.302 e. The third-order valence-electron chi connectivity index (χ3n) is 3.84. The van der Waals surface area contributed by atoms with E-state index in [0.717, 1.165) is 42.9 Å². The first-order chi connectivity index (χ1) is 10.6. The average Bonchev–Trinajstić information content (AvgIpc) is 2.94. The number of aromatic nitrogens is 3. The summed E-state index contributed by atoms with van der Waals surface area (Å²) in [5.41, 5.74) is 4.51. The van der Waals surface area contributed by atoms with Crippen LogP contribution in [0.5, 0.6) is 0 Å². The number of pyridine rings is 1. The summed E-state index contributed by atoms with van der Waals surface area (Å²) in [7, 11) is 2.15. The van der Waals surface area contributed by atoms with Crippen molar-refractivity contribution in [1.82, 2.24) is 20.1 Å². The van der Waals surface area contributed by atoms with Gasteiger partial charge in [0.25, 0.3) is 0 Å². The van der Waals surface area contributed by atoms with E-state index in [2.05, 4.69) is 60.0 Å². The fraction of sp³-hybridized carbons (Fsp3) is 0.556. The maximum absolute atomic E-state index is 4.60. The number of aromatic amines is 1. The molecule has 0 radical (unpaired) electrons. The second kappa shape index (κ2) is 8.08. The zero-order valence-electron chi connectivity index (χ0n) is 14.3. The van der Waals surface area contributed by atoms with Crippen LogP contribution in [0.25, 0.3) is 11.3 Å². The molecule has 2 aromatic heterocycles. The van der Waals surface area contributed by atoms with Gasteiger partial charge in [0, 0.05) is 35.8 Å². The molecule has 0 aliphatic rings. The Morgan fingerprint density at radius 1 is 1.27 bits per heavy atom. The lowest BCUT2D eigenvalue weighted by atomic mass is 10.0. The van der Waals surface area contributed by atoms with Crippen molar-refractivity contribution < 1.29 is 0 Å². The van der Waals surface area contributed by atoms with Gasteiger partial charge in [0.2, 0.25) is 0 Å². The van der Waals surface area contributed by atoms with Crippen molar-refractivity contribution in [1.29, 1.82) is 0 Å². The van der Waals surface area contributed by atoms with Crippen molar-refractivity contribution in [3.8, 4) is 11.3 Å². The molecule has 2 rings (SSSR count). The number of nitrogens with one attached hydrogen (secondary N) is 1. The minimum atomic E-state index is 0.716. The molecular weight excluding hydrogens is 272 g/mol. The Bertz CT molecular complexity index is 557. The summed E-state index contributed by atoms with van der Waals surface area (Å²) >= 11 is 0. The maximum atomic E-state index is 4.60. The summed E-state index contributed by atoms with van der Waals surface area (Å²) in [6.45, 7) is 8.70. The van der Waals surface area contributed by atoms with Gasteiger partial charge in [-0.1, -0.05) is 20.8 Å². The van der Waals surface area contributed by atoms with Gasteiger partial charge >= 0.3 is 0 Å². The highest BCUT2D eigenvalue weighted by Gasteiger charge is 2.11. The third kappa shape index (κ3) is 4.67. The van der Waals surface area contributed by atoms with Crippen LogP contribution >= 0.6 is 0 Å². The van der Waals surface area contributed by atoms with Crippen molar-refractivity contribution in [3.63, 3.8) is 0 Å². The van der Waals surface area contributed by atoms with Gasteiger partial charge in [-0.2, -0.15) is 5.10 Å². The zero-order chi connectivity index (χ0) is 15.9. The van der Waals surface area contributed by atoms with E-state index in [0.29, 0.717) is 5.92 Å². The highest BCUT2D eigenvalue weighted by atomic mass is 15.1. The Morgan fingerprint density at radius 2 is 2.09 bits per heavy atom. The van der Waals surface area contributed by atoms with Crippen LogP contribution in [0.1, 0.15) is 44.9 Å². The first kappa shape index (κ1) is 16.7.